The number of nitrogens with zero attached hydrogens (tertiary/aromatic N) is 2. The summed E-state index contributed by atoms with van der Waals surface area (Å²) < 4.78 is 1.81. The van der Waals surface area contributed by atoms with Crippen molar-refractivity contribution in [2.24, 2.45) is 7.05 Å². The van der Waals surface area contributed by atoms with Gasteiger partial charge in [0, 0.05) is 34.5 Å². The van der Waals surface area contributed by atoms with Gasteiger partial charge in [0.05, 0.1) is 11.7 Å². The Bertz CT molecular complexity index is 543. The standard InChI is InChI=1S/C13H15Cl2N3/c1-8(13-7-18(3)17-9(13)2)16-12-5-10(14)4-11(15)6-12/h4-8,16H,1-3H3. The normalized spacial score (nSPS) is 12.5. The molecule has 18 heavy (non-hydrogen) atoms. The summed E-state index contributed by atoms with van der Waals surface area (Å²) in [6, 6.07) is 5.58. The molecule has 0 saturated carbocycles. The summed E-state index contributed by atoms with van der Waals surface area (Å²) in [6.45, 7) is 4.08. The fourth-order valence-corrected chi connectivity index (χ4v) is 2.53. The molecule has 0 radical (unpaired) electrons. The summed E-state index contributed by atoms with van der Waals surface area (Å²) in [7, 11) is 1.92. The number of hydrogen-bond donors (Lipinski definition) is 1. The monoisotopic (exact) mass is 283 g/mol. The highest BCUT2D eigenvalue weighted by Gasteiger charge is 2.12. The number of benzene rings is 1. The van der Waals surface area contributed by atoms with Crippen LogP contribution in [0.2, 0.25) is 10.0 Å². The molecule has 1 unspecified atom stereocenters. The Morgan fingerprint density at radius 2 is 1.83 bits per heavy atom. The lowest BCUT2D eigenvalue weighted by atomic mass is 10.1. The van der Waals surface area contributed by atoms with Crippen molar-refractivity contribution in [2.45, 2.75) is 19.9 Å². The minimum Gasteiger partial charge on any atom is -0.378 e. The van der Waals surface area contributed by atoms with Gasteiger partial charge in [-0.1, -0.05) is 23.2 Å². The third-order valence-corrected chi connectivity index (χ3v) is 3.20. The van der Waals surface area contributed by atoms with Crippen LogP contribution >= 0.6 is 23.2 Å². The van der Waals surface area contributed by atoms with Crippen molar-refractivity contribution >= 4 is 28.9 Å². The minimum atomic E-state index is 0.147. The van der Waals surface area contributed by atoms with Crippen LogP contribution in [0.5, 0.6) is 0 Å². The summed E-state index contributed by atoms with van der Waals surface area (Å²) in [6.07, 6.45) is 2.01. The Labute approximate surface area is 117 Å². The van der Waals surface area contributed by atoms with Gasteiger partial charge in [-0.2, -0.15) is 5.10 Å². The van der Waals surface area contributed by atoms with Crippen LogP contribution in [0.3, 0.4) is 0 Å². The Hall–Kier alpha value is -1.19. The maximum absolute atomic E-state index is 5.97. The molecule has 1 aromatic heterocycles. The number of nitrogens with one attached hydrogen (secondary N) is 1. The second-order valence-corrected chi connectivity index (χ2v) is 5.24. The number of hydrogen-bond acceptors (Lipinski definition) is 2. The van der Waals surface area contributed by atoms with E-state index in [1.54, 1.807) is 6.07 Å². The number of rotatable bonds is 3. The largest absolute Gasteiger partial charge is 0.378 e. The maximum Gasteiger partial charge on any atom is 0.0646 e. The van der Waals surface area contributed by atoms with Gasteiger partial charge in [-0.15, -0.1) is 0 Å². The quantitative estimate of drug-likeness (QED) is 0.915. The van der Waals surface area contributed by atoms with Crippen LogP contribution in [0.25, 0.3) is 0 Å². The number of aryl methyl sites for hydroxylation is 2. The highest BCUT2D eigenvalue weighted by Crippen LogP contribution is 2.26. The summed E-state index contributed by atoms with van der Waals surface area (Å²) in [4.78, 5) is 0. The predicted octanol–water partition coefficient (Wildman–Crippen LogP) is 4.21. The molecule has 2 aromatic rings. The number of halogens is 2. The van der Waals surface area contributed by atoms with E-state index in [4.69, 9.17) is 23.2 Å². The second-order valence-electron chi connectivity index (χ2n) is 4.37. The molecule has 0 aliphatic rings. The summed E-state index contributed by atoms with van der Waals surface area (Å²) in [5.41, 5.74) is 3.09. The van der Waals surface area contributed by atoms with Gasteiger partial charge in [-0.05, 0) is 32.0 Å². The van der Waals surface area contributed by atoms with Crippen LogP contribution in [0.1, 0.15) is 24.2 Å². The molecule has 0 spiro atoms. The first-order valence-electron chi connectivity index (χ1n) is 5.68. The molecule has 0 bridgehead atoms. The van der Waals surface area contributed by atoms with Crippen LogP contribution in [0.15, 0.2) is 24.4 Å². The summed E-state index contributed by atoms with van der Waals surface area (Å²) in [5.74, 6) is 0. The highest BCUT2D eigenvalue weighted by molar-refractivity contribution is 6.35. The smallest absolute Gasteiger partial charge is 0.0646 e. The van der Waals surface area contributed by atoms with Gasteiger partial charge in [0.25, 0.3) is 0 Å². The Kier molecular flexibility index (Phi) is 3.83. The lowest BCUT2D eigenvalue weighted by Crippen LogP contribution is -2.07. The lowest BCUT2D eigenvalue weighted by Gasteiger charge is -2.15. The average molecular weight is 284 g/mol. The van der Waals surface area contributed by atoms with E-state index in [0.717, 1.165) is 16.9 Å². The molecular formula is C13H15Cl2N3. The van der Waals surface area contributed by atoms with Crippen molar-refractivity contribution in [3.8, 4) is 0 Å². The van der Waals surface area contributed by atoms with Crippen LogP contribution in [-0.4, -0.2) is 9.78 Å². The van der Waals surface area contributed by atoms with Gasteiger partial charge in [0.15, 0.2) is 0 Å². The fourth-order valence-electron chi connectivity index (χ4n) is 2.01. The van der Waals surface area contributed by atoms with Crippen LogP contribution in [-0.2, 0) is 7.05 Å². The first-order valence-corrected chi connectivity index (χ1v) is 6.44. The van der Waals surface area contributed by atoms with Crippen molar-refractivity contribution in [3.63, 3.8) is 0 Å². The molecule has 3 nitrogen and oxygen atoms in total. The van der Waals surface area contributed by atoms with Crippen molar-refractivity contribution in [3.05, 3.63) is 45.7 Å². The molecule has 1 heterocycles. The molecule has 0 fully saturated rings. The van der Waals surface area contributed by atoms with Gasteiger partial charge in [0.1, 0.15) is 0 Å². The molecule has 0 aliphatic heterocycles. The lowest BCUT2D eigenvalue weighted by molar-refractivity contribution is 0.756. The van der Waals surface area contributed by atoms with E-state index >= 15 is 0 Å². The Balaban J connectivity index is 2.20. The van der Waals surface area contributed by atoms with Crippen LogP contribution < -0.4 is 5.32 Å². The molecule has 1 atom stereocenters. The number of aromatic nitrogens is 2. The summed E-state index contributed by atoms with van der Waals surface area (Å²) >= 11 is 11.9. The van der Waals surface area contributed by atoms with Gasteiger partial charge < -0.3 is 5.32 Å². The van der Waals surface area contributed by atoms with E-state index in [1.807, 2.05) is 37.0 Å². The van der Waals surface area contributed by atoms with Crippen molar-refractivity contribution in [1.82, 2.24) is 9.78 Å². The minimum absolute atomic E-state index is 0.147. The molecule has 2 rings (SSSR count). The molecule has 5 heteroatoms. The van der Waals surface area contributed by atoms with Gasteiger partial charge >= 0.3 is 0 Å². The molecule has 96 valence electrons. The first-order chi connectivity index (χ1) is 8.45. The van der Waals surface area contributed by atoms with Crippen molar-refractivity contribution < 1.29 is 0 Å². The molecule has 1 N–H and O–H groups in total. The zero-order valence-corrected chi connectivity index (χ0v) is 12.0. The van der Waals surface area contributed by atoms with Crippen LogP contribution in [0, 0.1) is 6.92 Å². The SMILES string of the molecule is Cc1nn(C)cc1C(C)Nc1cc(Cl)cc(Cl)c1. The van der Waals surface area contributed by atoms with E-state index in [2.05, 4.69) is 17.3 Å². The number of anilines is 1. The summed E-state index contributed by atoms with van der Waals surface area (Å²) in [5, 5.41) is 8.96. The van der Waals surface area contributed by atoms with E-state index in [1.165, 1.54) is 0 Å². The maximum atomic E-state index is 5.97. The second kappa shape index (κ2) is 5.21. The molecule has 1 aromatic carbocycles. The molecule has 0 saturated heterocycles. The zero-order valence-electron chi connectivity index (χ0n) is 10.5. The van der Waals surface area contributed by atoms with E-state index in [0.29, 0.717) is 10.0 Å². The molecular weight excluding hydrogens is 269 g/mol. The zero-order chi connectivity index (χ0) is 13.3. The molecule has 0 amide bonds. The highest BCUT2D eigenvalue weighted by atomic mass is 35.5. The third-order valence-electron chi connectivity index (χ3n) is 2.76. The topological polar surface area (TPSA) is 29.9 Å². The third kappa shape index (κ3) is 2.98. The Morgan fingerprint density at radius 3 is 2.33 bits per heavy atom. The van der Waals surface area contributed by atoms with Crippen LogP contribution in [0.4, 0.5) is 5.69 Å². The van der Waals surface area contributed by atoms with E-state index in [-0.39, 0.29) is 6.04 Å². The Morgan fingerprint density at radius 1 is 1.22 bits per heavy atom. The molecule has 0 aliphatic carbocycles. The van der Waals surface area contributed by atoms with Gasteiger partial charge in [-0.3, -0.25) is 4.68 Å². The average Bonchev–Trinajstić information content (AvgIpc) is 2.56. The van der Waals surface area contributed by atoms with Gasteiger partial charge in [-0.25, -0.2) is 0 Å². The van der Waals surface area contributed by atoms with Crippen molar-refractivity contribution in [2.75, 3.05) is 5.32 Å². The van der Waals surface area contributed by atoms with Gasteiger partial charge in [0.2, 0.25) is 0 Å². The fraction of sp³-hybridized carbons (Fsp3) is 0.308. The van der Waals surface area contributed by atoms with E-state index in [9.17, 15) is 0 Å². The first kappa shape index (κ1) is 13.2. The van der Waals surface area contributed by atoms with Crippen molar-refractivity contribution in [1.29, 1.82) is 0 Å². The van der Waals surface area contributed by atoms with E-state index < -0.39 is 0 Å². The predicted molar refractivity (Wildman–Crippen MR) is 76.4 cm³/mol.